The van der Waals surface area contributed by atoms with Crippen molar-refractivity contribution < 1.29 is 22.7 Å². The zero-order valence-corrected chi connectivity index (χ0v) is 19.5. The Morgan fingerprint density at radius 2 is 1.91 bits per heavy atom. The highest BCUT2D eigenvalue weighted by atomic mass is 35.5. The topological polar surface area (TPSA) is 106 Å². The smallest absolute Gasteiger partial charge is 0.335 e. The Morgan fingerprint density at radius 1 is 1.22 bits per heavy atom. The molecule has 0 fully saturated rings. The summed E-state index contributed by atoms with van der Waals surface area (Å²) in [6.07, 6.45) is 1.28. The summed E-state index contributed by atoms with van der Waals surface area (Å²) in [7, 11) is -0.807. The second-order valence-electron chi connectivity index (χ2n) is 7.29. The van der Waals surface area contributed by atoms with Gasteiger partial charge >= 0.3 is 5.97 Å². The molecule has 7 nitrogen and oxygen atoms in total. The van der Waals surface area contributed by atoms with E-state index in [1.54, 1.807) is 35.8 Å². The monoisotopic (exact) mass is 481 g/mol. The highest BCUT2D eigenvalue weighted by Crippen LogP contribution is 2.37. The van der Waals surface area contributed by atoms with Gasteiger partial charge in [0, 0.05) is 42.8 Å². The number of carboxylic acids is 1. The molecule has 0 saturated heterocycles. The molecule has 0 spiro atoms. The summed E-state index contributed by atoms with van der Waals surface area (Å²) in [6.45, 7) is 1.78. The lowest BCUT2D eigenvalue weighted by Gasteiger charge is -2.12. The summed E-state index contributed by atoms with van der Waals surface area (Å²) in [5.74, 6) is -1.49. The molecule has 0 aliphatic heterocycles. The molecule has 10 heteroatoms. The van der Waals surface area contributed by atoms with Gasteiger partial charge in [-0.05, 0) is 48.9 Å². The summed E-state index contributed by atoms with van der Waals surface area (Å²) in [5, 5.41) is 9.96. The van der Waals surface area contributed by atoms with Gasteiger partial charge in [0.15, 0.2) is 0 Å². The van der Waals surface area contributed by atoms with E-state index in [2.05, 4.69) is 0 Å². The number of hydrogen-bond acceptors (Lipinski definition) is 4. The van der Waals surface area contributed by atoms with Gasteiger partial charge < -0.3 is 15.4 Å². The molecule has 0 atom stereocenters. The van der Waals surface area contributed by atoms with Crippen LogP contribution in [0.3, 0.4) is 0 Å². The highest BCUT2D eigenvalue weighted by molar-refractivity contribution is 7.89. The third-order valence-corrected chi connectivity index (χ3v) is 6.93. The Hall–Kier alpha value is -2.72. The molecule has 3 aromatic rings. The lowest BCUT2D eigenvalue weighted by molar-refractivity contribution is 0.0697. The summed E-state index contributed by atoms with van der Waals surface area (Å²) in [6, 6.07) is 11.0. The Bertz CT molecular complexity index is 1300. The minimum atomic E-state index is -3.70. The Kier molecular flexibility index (Phi) is 7.84. The van der Waals surface area contributed by atoms with Gasteiger partial charge in [0.05, 0.1) is 17.0 Å². The van der Waals surface area contributed by atoms with Crippen molar-refractivity contribution in [3.05, 3.63) is 65.6 Å². The summed E-state index contributed by atoms with van der Waals surface area (Å²) in [4.78, 5) is 11.6. The number of allylic oxidation sites excluding steroid dienone is 1. The fourth-order valence-corrected chi connectivity index (χ4v) is 4.48. The molecule has 3 N–H and O–H groups in total. The molecule has 1 heterocycles. The van der Waals surface area contributed by atoms with Gasteiger partial charge in [0.1, 0.15) is 5.83 Å². The molecule has 3 rings (SSSR count). The van der Waals surface area contributed by atoms with E-state index in [0.29, 0.717) is 27.7 Å². The maximum absolute atomic E-state index is 14.3. The number of halogens is 2. The lowest BCUT2D eigenvalue weighted by atomic mass is 10.0. The molecule has 0 radical (unpaired) electrons. The number of carbonyl (C=O) groups is 1. The number of hydrogen-bond donors (Lipinski definition) is 2. The van der Waals surface area contributed by atoms with E-state index in [9.17, 15) is 22.7 Å². The predicted octanol–water partition coefficient (Wildman–Crippen LogP) is 3.80. The zero-order valence-electron chi connectivity index (χ0n) is 17.9. The van der Waals surface area contributed by atoms with Crippen molar-refractivity contribution in [1.82, 2.24) is 8.87 Å². The molecule has 2 aromatic carbocycles. The molecule has 0 bridgehead atoms. The maximum Gasteiger partial charge on any atom is 0.335 e. The van der Waals surface area contributed by atoms with Crippen LogP contribution in [0.5, 0.6) is 0 Å². The molecule has 1 aromatic heterocycles. The number of aromatic carboxylic acids is 1. The van der Waals surface area contributed by atoms with Crippen LogP contribution in [0.4, 0.5) is 4.39 Å². The van der Waals surface area contributed by atoms with E-state index in [1.807, 2.05) is 0 Å². The van der Waals surface area contributed by atoms with E-state index in [4.69, 9.17) is 5.73 Å². The first-order valence-corrected chi connectivity index (χ1v) is 11.0. The minimum absolute atomic E-state index is 0. The zero-order chi connectivity index (χ0) is 22.9. The molecular weight excluding hydrogens is 457 g/mol. The van der Waals surface area contributed by atoms with E-state index >= 15 is 0 Å². The molecule has 0 saturated carbocycles. The van der Waals surface area contributed by atoms with E-state index in [-0.39, 0.29) is 36.0 Å². The quantitative estimate of drug-likeness (QED) is 0.534. The number of benzene rings is 2. The number of sulfonamides is 1. The van der Waals surface area contributed by atoms with Crippen molar-refractivity contribution in [2.75, 3.05) is 20.6 Å². The van der Waals surface area contributed by atoms with Crippen LogP contribution in [-0.2, 0) is 16.6 Å². The van der Waals surface area contributed by atoms with Crippen LogP contribution < -0.4 is 5.73 Å². The SMILES string of the molecule is Cc1c(-c2cccc(C(=O)O)c2)c2cc(S(=O)(=O)N(C)C)ccc2n1CC(F)=CCN.Cl. The fraction of sp³-hybridized carbons (Fsp3) is 0.227. The molecule has 0 unspecified atom stereocenters. The predicted molar refractivity (Wildman–Crippen MR) is 125 cm³/mol. The van der Waals surface area contributed by atoms with Gasteiger partial charge in [0.25, 0.3) is 0 Å². The van der Waals surface area contributed by atoms with Crippen LogP contribution in [0.25, 0.3) is 22.0 Å². The lowest BCUT2D eigenvalue weighted by Crippen LogP contribution is -2.22. The average Bonchev–Trinajstić information content (AvgIpc) is 2.99. The third-order valence-electron chi connectivity index (χ3n) is 5.12. The highest BCUT2D eigenvalue weighted by Gasteiger charge is 2.22. The van der Waals surface area contributed by atoms with E-state index < -0.39 is 21.8 Å². The van der Waals surface area contributed by atoms with Gasteiger partial charge in [0.2, 0.25) is 10.0 Å². The van der Waals surface area contributed by atoms with Gasteiger partial charge in [-0.25, -0.2) is 21.9 Å². The normalized spacial score (nSPS) is 12.2. The molecule has 0 aliphatic carbocycles. The molecule has 32 heavy (non-hydrogen) atoms. The number of aromatic nitrogens is 1. The summed E-state index contributed by atoms with van der Waals surface area (Å²) in [5.41, 5.74) is 8.08. The average molecular weight is 482 g/mol. The van der Waals surface area contributed by atoms with E-state index in [1.165, 1.54) is 38.4 Å². The number of carboxylic acid groups (broad SMARTS) is 1. The van der Waals surface area contributed by atoms with Crippen LogP contribution in [0.15, 0.2) is 59.3 Å². The van der Waals surface area contributed by atoms with Crippen LogP contribution in [0.2, 0.25) is 0 Å². The standard InChI is InChI=1S/C22H24FN3O4S.ClH/c1-14-21(15-5-4-6-16(11-15)22(27)28)19-12-18(31(29,30)25(2)3)7-8-20(19)26(14)13-17(23)9-10-24;/h4-9,11-12H,10,13,24H2,1-3H3,(H,27,28);1H. The van der Waals surface area contributed by atoms with Crippen LogP contribution in [0, 0.1) is 6.92 Å². The second-order valence-corrected chi connectivity index (χ2v) is 9.44. The minimum Gasteiger partial charge on any atom is -0.478 e. The summed E-state index contributed by atoms with van der Waals surface area (Å²) >= 11 is 0. The van der Waals surface area contributed by atoms with Crippen molar-refractivity contribution in [3.8, 4) is 11.1 Å². The third kappa shape index (κ3) is 4.71. The number of nitrogens with two attached hydrogens (primary N) is 1. The van der Waals surface area contributed by atoms with Crippen molar-refractivity contribution in [1.29, 1.82) is 0 Å². The Balaban J connectivity index is 0.00000363. The van der Waals surface area contributed by atoms with Crippen LogP contribution in [-0.4, -0.2) is 49.0 Å². The summed E-state index contributed by atoms with van der Waals surface area (Å²) < 4.78 is 42.5. The molecular formula is C22H25ClFN3O4S. The fourth-order valence-electron chi connectivity index (χ4n) is 3.55. The number of fused-ring (bicyclic) bond motifs is 1. The van der Waals surface area contributed by atoms with Crippen molar-refractivity contribution >= 4 is 39.3 Å². The van der Waals surface area contributed by atoms with Gasteiger partial charge in [-0.15, -0.1) is 12.4 Å². The van der Waals surface area contributed by atoms with Crippen molar-refractivity contribution in [2.45, 2.75) is 18.4 Å². The maximum atomic E-state index is 14.3. The number of nitrogens with zero attached hydrogens (tertiary/aromatic N) is 2. The molecule has 0 amide bonds. The Labute approximate surface area is 192 Å². The van der Waals surface area contributed by atoms with Gasteiger partial charge in [-0.3, -0.25) is 0 Å². The van der Waals surface area contributed by atoms with Crippen molar-refractivity contribution in [2.24, 2.45) is 5.73 Å². The first-order valence-electron chi connectivity index (χ1n) is 9.51. The Morgan fingerprint density at radius 3 is 2.50 bits per heavy atom. The van der Waals surface area contributed by atoms with E-state index in [0.717, 1.165) is 4.31 Å². The number of rotatable bonds is 7. The molecule has 172 valence electrons. The van der Waals surface area contributed by atoms with Gasteiger partial charge in [-0.2, -0.15) is 0 Å². The second kappa shape index (κ2) is 9.83. The van der Waals surface area contributed by atoms with Crippen molar-refractivity contribution in [3.63, 3.8) is 0 Å². The van der Waals surface area contributed by atoms with Crippen LogP contribution in [0.1, 0.15) is 16.1 Å². The largest absolute Gasteiger partial charge is 0.478 e. The first kappa shape index (κ1) is 25.5. The molecule has 0 aliphatic rings. The first-order chi connectivity index (χ1) is 14.6. The van der Waals surface area contributed by atoms with Gasteiger partial charge in [-0.1, -0.05) is 12.1 Å². The van der Waals surface area contributed by atoms with Crippen LogP contribution >= 0.6 is 12.4 Å².